The first-order valence-electron chi connectivity index (χ1n) is 8.08. The zero-order valence-electron chi connectivity index (χ0n) is 13.8. The van der Waals surface area contributed by atoms with Crippen LogP contribution in [-0.4, -0.2) is 4.57 Å². The minimum atomic E-state index is -0.309. The van der Waals surface area contributed by atoms with Crippen molar-refractivity contribution in [2.24, 2.45) is 7.05 Å². The van der Waals surface area contributed by atoms with Crippen LogP contribution in [0.5, 0.6) is 0 Å². The van der Waals surface area contributed by atoms with E-state index in [1.807, 2.05) is 49.0 Å². The summed E-state index contributed by atoms with van der Waals surface area (Å²) in [5.41, 5.74) is 2.77. The lowest BCUT2D eigenvalue weighted by atomic mass is 10.0. The van der Waals surface area contributed by atoms with Crippen molar-refractivity contribution < 1.29 is 8.81 Å². The number of benzene rings is 3. The zero-order valence-corrected chi connectivity index (χ0v) is 13.8. The summed E-state index contributed by atoms with van der Waals surface area (Å²) in [6.07, 6.45) is 1.88. The van der Waals surface area contributed by atoms with E-state index in [9.17, 15) is 9.18 Å². The van der Waals surface area contributed by atoms with Crippen molar-refractivity contribution in [1.82, 2.24) is 4.57 Å². The van der Waals surface area contributed by atoms with Crippen molar-refractivity contribution in [1.29, 1.82) is 0 Å². The molecule has 0 aliphatic heterocycles. The topological polar surface area (TPSA) is 35.1 Å². The minimum Gasteiger partial charge on any atom is -0.455 e. The molecule has 0 amide bonds. The van der Waals surface area contributed by atoms with Crippen molar-refractivity contribution in [3.8, 4) is 0 Å². The molecule has 3 aromatic carbocycles. The van der Waals surface area contributed by atoms with Crippen LogP contribution in [0.1, 0.15) is 5.56 Å². The predicted octanol–water partition coefficient (Wildman–Crippen LogP) is 5.04. The van der Waals surface area contributed by atoms with E-state index < -0.39 is 0 Å². The summed E-state index contributed by atoms with van der Waals surface area (Å²) in [6, 6.07) is 12.1. The third-order valence-electron chi connectivity index (χ3n) is 4.87. The lowest BCUT2D eigenvalue weighted by molar-refractivity contribution is 0.629. The van der Waals surface area contributed by atoms with E-state index in [4.69, 9.17) is 4.42 Å². The highest BCUT2D eigenvalue weighted by Crippen LogP contribution is 2.35. The monoisotopic (exact) mass is 331 g/mol. The second-order valence-corrected chi connectivity index (χ2v) is 6.51. The fourth-order valence-electron chi connectivity index (χ4n) is 3.71. The molecule has 0 N–H and O–H groups in total. The van der Waals surface area contributed by atoms with Crippen LogP contribution in [0, 0.1) is 12.7 Å². The Balaban J connectivity index is 2.20. The Hall–Kier alpha value is -3.14. The van der Waals surface area contributed by atoms with Crippen LogP contribution in [0.25, 0.3) is 43.6 Å². The Morgan fingerprint density at radius 2 is 1.80 bits per heavy atom. The van der Waals surface area contributed by atoms with E-state index in [1.165, 1.54) is 12.1 Å². The number of hydrogen-bond acceptors (Lipinski definition) is 2. The van der Waals surface area contributed by atoms with Crippen LogP contribution in [0.4, 0.5) is 4.39 Å². The molecule has 25 heavy (non-hydrogen) atoms. The summed E-state index contributed by atoms with van der Waals surface area (Å²) in [5, 5.41) is 3.45. The van der Waals surface area contributed by atoms with Crippen molar-refractivity contribution in [2.75, 3.05) is 0 Å². The van der Waals surface area contributed by atoms with E-state index in [2.05, 4.69) is 0 Å². The molecule has 0 fully saturated rings. The van der Waals surface area contributed by atoms with Gasteiger partial charge < -0.3 is 8.98 Å². The minimum absolute atomic E-state index is 0.0574. The molecule has 122 valence electrons. The molecule has 5 aromatic rings. The molecule has 5 rings (SSSR count). The molecule has 0 aliphatic carbocycles. The molecule has 0 bridgehead atoms. The largest absolute Gasteiger partial charge is 0.455 e. The number of fused-ring (bicyclic) bond motifs is 7. The Labute approximate surface area is 141 Å². The van der Waals surface area contributed by atoms with Gasteiger partial charge in [0.25, 0.3) is 0 Å². The first-order valence-corrected chi connectivity index (χ1v) is 8.08. The lowest BCUT2D eigenvalue weighted by Crippen LogP contribution is -2.05. The summed E-state index contributed by atoms with van der Waals surface area (Å²) in [4.78, 5) is 13.3. The first-order chi connectivity index (χ1) is 12.0. The van der Waals surface area contributed by atoms with Gasteiger partial charge in [-0.1, -0.05) is 11.6 Å². The smallest absolute Gasteiger partial charge is 0.202 e. The van der Waals surface area contributed by atoms with Gasteiger partial charge >= 0.3 is 0 Å². The summed E-state index contributed by atoms with van der Waals surface area (Å²) in [5.74, 6) is -0.309. The average molecular weight is 331 g/mol. The Bertz CT molecular complexity index is 1390. The molecule has 2 heterocycles. The van der Waals surface area contributed by atoms with Crippen molar-refractivity contribution in [3.05, 3.63) is 70.3 Å². The number of aromatic nitrogens is 1. The quantitative estimate of drug-likeness (QED) is 0.294. The van der Waals surface area contributed by atoms with Crippen LogP contribution in [0.15, 0.2) is 57.9 Å². The van der Waals surface area contributed by atoms with Gasteiger partial charge in [0.05, 0.1) is 16.3 Å². The van der Waals surface area contributed by atoms with E-state index in [0.29, 0.717) is 21.9 Å². The second-order valence-electron chi connectivity index (χ2n) is 6.51. The maximum Gasteiger partial charge on any atom is 0.202 e. The number of hydrogen-bond donors (Lipinski definition) is 0. The van der Waals surface area contributed by atoms with E-state index in [1.54, 1.807) is 6.07 Å². The molecule has 0 saturated heterocycles. The van der Waals surface area contributed by atoms with Gasteiger partial charge in [0.15, 0.2) is 0 Å². The molecule has 0 atom stereocenters. The van der Waals surface area contributed by atoms with Crippen LogP contribution in [0.2, 0.25) is 0 Å². The van der Waals surface area contributed by atoms with Gasteiger partial charge in [0, 0.05) is 24.0 Å². The summed E-state index contributed by atoms with van der Waals surface area (Å²) < 4.78 is 21.9. The number of halogens is 1. The highest BCUT2D eigenvalue weighted by Gasteiger charge is 2.18. The molecule has 0 saturated carbocycles. The molecular weight excluding hydrogens is 317 g/mol. The Kier molecular flexibility index (Phi) is 2.67. The van der Waals surface area contributed by atoms with E-state index >= 15 is 0 Å². The molecule has 0 unspecified atom stereocenters. The standard InChI is InChI=1S/C21H14FNO2/c1-11-3-6-17-16(9-11)20(24)18-19-13(7-8-23(19)2)15-10-12(22)4-5-14(15)21(18)25-17/h3-10H,1-2H3. The summed E-state index contributed by atoms with van der Waals surface area (Å²) in [7, 11) is 1.88. The highest BCUT2D eigenvalue weighted by atomic mass is 19.1. The van der Waals surface area contributed by atoms with Crippen LogP contribution in [0.3, 0.4) is 0 Å². The number of rotatable bonds is 0. The number of nitrogens with zero attached hydrogens (tertiary/aromatic N) is 1. The maximum absolute atomic E-state index is 13.8. The van der Waals surface area contributed by atoms with Crippen molar-refractivity contribution in [2.45, 2.75) is 6.92 Å². The average Bonchev–Trinajstić information content (AvgIpc) is 2.97. The van der Waals surface area contributed by atoms with Crippen LogP contribution < -0.4 is 5.43 Å². The van der Waals surface area contributed by atoms with Crippen molar-refractivity contribution in [3.63, 3.8) is 0 Å². The SMILES string of the molecule is Cc1ccc2oc3c4ccc(F)cc4c4ccn(C)c4c3c(=O)c2c1. The fourth-order valence-corrected chi connectivity index (χ4v) is 3.71. The van der Waals surface area contributed by atoms with Crippen molar-refractivity contribution >= 4 is 43.6 Å². The summed E-state index contributed by atoms with van der Waals surface area (Å²) >= 11 is 0. The van der Waals surface area contributed by atoms with Gasteiger partial charge in [-0.05, 0) is 48.7 Å². The molecule has 0 radical (unpaired) electrons. The molecule has 2 aromatic heterocycles. The number of aryl methyl sites for hydroxylation is 2. The third kappa shape index (κ3) is 1.82. The van der Waals surface area contributed by atoms with Crippen LogP contribution in [-0.2, 0) is 7.05 Å². The first kappa shape index (κ1) is 14.2. The van der Waals surface area contributed by atoms with Gasteiger partial charge in [0.2, 0.25) is 5.43 Å². The van der Waals surface area contributed by atoms with Crippen LogP contribution >= 0.6 is 0 Å². The van der Waals surface area contributed by atoms with E-state index in [-0.39, 0.29) is 11.2 Å². The van der Waals surface area contributed by atoms with Gasteiger partial charge in [-0.25, -0.2) is 4.39 Å². The normalized spacial score (nSPS) is 12.0. The van der Waals surface area contributed by atoms with Gasteiger partial charge in [-0.3, -0.25) is 4.79 Å². The van der Waals surface area contributed by atoms with Gasteiger partial charge in [-0.2, -0.15) is 0 Å². The fraction of sp³-hybridized carbons (Fsp3) is 0.0952. The Morgan fingerprint density at radius 3 is 2.64 bits per heavy atom. The highest BCUT2D eigenvalue weighted by molar-refractivity contribution is 6.23. The van der Waals surface area contributed by atoms with Gasteiger partial charge in [-0.15, -0.1) is 0 Å². The van der Waals surface area contributed by atoms with Gasteiger partial charge in [0.1, 0.15) is 17.0 Å². The molecular formula is C21H14FNO2. The predicted molar refractivity (Wildman–Crippen MR) is 98.7 cm³/mol. The molecule has 0 spiro atoms. The lowest BCUT2D eigenvalue weighted by Gasteiger charge is -2.09. The second kappa shape index (κ2) is 4.70. The zero-order chi connectivity index (χ0) is 17.3. The third-order valence-corrected chi connectivity index (χ3v) is 4.87. The van der Waals surface area contributed by atoms with E-state index in [0.717, 1.165) is 27.2 Å². The molecule has 0 aliphatic rings. The molecule has 3 nitrogen and oxygen atoms in total. The Morgan fingerprint density at radius 1 is 0.960 bits per heavy atom. The molecule has 4 heteroatoms. The summed E-state index contributed by atoms with van der Waals surface area (Å²) in [6.45, 7) is 1.95. The maximum atomic E-state index is 13.8.